The van der Waals surface area contributed by atoms with Gasteiger partial charge in [0, 0.05) is 56.6 Å². The zero-order valence-corrected chi connectivity index (χ0v) is 16.5. The normalized spacial score (nSPS) is 23.6. The molecule has 0 spiro atoms. The number of hydrogen-bond donors (Lipinski definition) is 1. The van der Waals surface area contributed by atoms with E-state index in [1.165, 1.54) is 18.0 Å². The number of rotatable bonds is 4. The first-order valence-electron chi connectivity index (χ1n) is 8.28. The molecule has 0 unspecified atom stereocenters. The van der Waals surface area contributed by atoms with E-state index in [0.717, 1.165) is 56.4 Å². The minimum atomic E-state index is 0. The van der Waals surface area contributed by atoms with Gasteiger partial charge in [0.2, 0.25) is 11.0 Å². The second kappa shape index (κ2) is 9.75. The molecule has 1 aliphatic heterocycles. The number of carbonyl (C=O) groups is 1. The van der Waals surface area contributed by atoms with E-state index in [1.54, 1.807) is 0 Å². The lowest BCUT2D eigenvalue weighted by Crippen LogP contribution is -2.49. The van der Waals surface area contributed by atoms with Gasteiger partial charge in [-0.15, -0.1) is 24.8 Å². The number of anilines is 1. The largest absolute Gasteiger partial charge is 0.343 e. The summed E-state index contributed by atoms with van der Waals surface area (Å²) in [6.45, 7) is 5.32. The van der Waals surface area contributed by atoms with Crippen LogP contribution in [0.4, 0.5) is 5.13 Å². The number of aryl methyl sites for hydroxylation is 1. The standard InChI is InChI=1S/C15H25N5OS.2ClH/c1-2-13-17-15(22-18-13)20-8-6-19(7-9-20)14(21)10-11-4-3-5-12(11)16;;/h11-12H,2-10,16H2,1H3;2*1H/t11-,12+;;/m0../s1. The van der Waals surface area contributed by atoms with Crippen LogP contribution in [-0.2, 0) is 11.2 Å². The van der Waals surface area contributed by atoms with Crippen molar-refractivity contribution in [2.75, 3.05) is 31.1 Å². The fourth-order valence-electron chi connectivity index (χ4n) is 3.34. The number of carbonyl (C=O) groups excluding carboxylic acids is 1. The molecule has 6 nitrogen and oxygen atoms in total. The Labute approximate surface area is 160 Å². The Bertz CT molecular complexity index is 522. The predicted molar refractivity (Wildman–Crippen MR) is 103 cm³/mol. The van der Waals surface area contributed by atoms with Crippen LogP contribution in [0.15, 0.2) is 0 Å². The van der Waals surface area contributed by atoms with Crippen molar-refractivity contribution in [1.29, 1.82) is 0 Å². The molecule has 0 bridgehead atoms. The third-order valence-electron chi connectivity index (χ3n) is 4.83. The Morgan fingerprint density at radius 1 is 1.25 bits per heavy atom. The van der Waals surface area contributed by atoms with Gasteiger partial charge in [-0.05, 0) is 18.8 Å². The van der Waals surface area contributed by atoms with Gasteiger partial charge in [-0.3, -0.25) is 4.79 Å². The van der Waals surface area contributed by atoms with Crippen LogP contribution in [0.25, 0.3) is 0 Å². The molecule has 9 heteroatoms. The predicted octanol–water partition coefficient (Wildman–Crippen LogP) is 2.11. The summed E-state index contributed by atoms with van der Waals surface area (Å²) in [5.41, 5.74) is 6.08. The van der Waals surface area contributed by atoms with Crippen molar-refractivity contribution in [1.82, 2.24) is 14.3 Å². The summed E-state index contributed by atoms with van der Waals surface area (Å²) in [7, 11) is 0. The van der Waals surface area contributed by atoms with Crippen LogP contribution in [0.2, 0.25) is 0 Å². The molecule has 0 aromatic carbocycles. The first-order chi connectivity index (χ1) is 10.7. The highest BCUT2D eigenvalue weighted by Gasteiger charge is 2.29. The molecule has 1 aliphatic carbocycles. The molecule has 2 N–H and O–H groups in total. The quantitative estimate of drug-likeness (QED) is 0.844. The molecular formula is C15H27Cl2N5OS. The third kappa shape index (κ3) is 4.94. The summed E-state index contributed by atoms with van der Waals surface area (Å²) in [6.07, 6.45) is 4.85. The lowest BCUT2D eigenvalue weighted by atomic mass is 9.99. The summed E-state index contributed by atoms with van der Waals surface area (Å²) in [5.74, 6) is 1.57. The highest BCUT2D eigenvalue weighted by atomic mass is 35.5. The Kier molecular flexibility index (Phi) is 8.70. The minimum Gasteiger partial charge on any atom is -0.343 e. The first kappa shape index (κ1) is 21.4. The van der Waals surface area contributed by atoms with Crippen molar-refractivity contribution in [2.45, 2.75) is 45.1 Å². The molecule has 2 aliphatic rings. The highest BCUT2D eigenvalue weighted by Crippen LogP contribution is 2.28. The van der Waals surface area contributed by atoms with Gasteiger partial charge in [0.05, 0.1) is 0 Å². The molecule has 1 saturated carbocycles. The van der Waals surface area contributed by atoms with Gasteiger partial charge in [0.1, 0.15) is 5.82 Å². The van der Waals surface area contributed by atoms with Gasteiger partial charge in [-0.25, -0.2) is 4.98 Å². The number of nitrogens with two attached hydrogens (primary N) is 1. The maximum Gasteiger partial charge on any atom is 0.223 e. The SMILES string of the molecule is CCc1nsc(N2CCN(C(=O)C[C@@H]3CCC[C@H]3N)CC2)n1.Cl.Cl. The molecule has 2 atom stereocenters. The Hall–Kier alpha value is -0.630. The molecule has 1 aromatic heterocycles. The zero-order valence-electron chi connectivity index (χ0n) is 14.0. The third-order valence-corrected chi connectivity index (χ3v) is 5.65. The van der Waals surface area contributed by atoms with Crippen LogP contribution >= 0.6 is 36.3 Å². The van der Waals surface area contributed by atoms with Gasteiger partial charge in [-0.2, -0.15) is 4.37 Å². The molecule has 138 valence electrons. The van der Waals surface area contributed by atoms with Crippen LogP contribution < -0.4 is 10.6 Å². The minimum absolute atomic E-state index is 0. The molecule has 1 saturated heterocycles. The van der Waals surface area contributed by atoms with Gasteiger partial charge in [0.25, 0.3) is 0 Å². The number of amides is 1. The second-order valence-electron chi connectivity index (χ2n) is 6.27. The molecule has 24 heavy (non-hydrogen) atoms. The molecule has 1 aromatic rings. The first-order valence-corrected chi connectivity index (χ1v) is 9.05. The van der Waals surface area contributed by atoms with Crippen molar-refractivity contribution in [3.63, 3.8) is 0 Å². The average Bonchev–Trinajstić information content (AvgIpc) is 3.17. The lowest BCUT2D eigenvalue weighted by Gasteiger charge is -2.35. The molecular weight excluding hydrogens is 369 g/mol. The van der Waals surface area contributed by atoms with E-state index in [9.17, 15) is 4.79 Å². The van der Waals surface area contributed by atoms with Crippen LogP contribution in [0.1, 0.15) is 38.4 Å². The summed E-state index contributed by atoms with van der Waals surface area (Å²) in [4.78, 5) is 21.2. The van der Waals surface area contributed by atoms with E-state index in [2.05, 4.69) is 21.2 Å². The monoisotopic (exact) mass is 395 g/mol. The summed E-state index contributed by atoms with van der Waals surface area (Å²) < 4.78 is 4.34. The Morgan fingerprint density at radius 2 is 1.96 bits per heavy atom. The lowest BCUT2D eigenvalue weighted by molar-refractivity contribution is -0.132. The van der Waals surface area contributed by atoms with Crippen molar-refractivity contribution in [3.05, 3.63) is 5.82 Å². The van der Waals surface area contributed by atoms with Crippen molar-refractivity contribution >= 4 is 47.4 Å². The smallest absolute Gasteiger partial charge is 0.223 e. The Morgan fingerprint density at radius 3 is 2.50 bits per heavy atom. The Balaban J connectivity index is 0.00000144. The van der Waals surface area contributed by atoms with E-state index in [-0.39, 0.29) is 36.8 Å². The van der Waals surface area contributed by atoms with Gasteiger partial charge in [-0.1, -0.05) is 13.3 Å². The number of halogens is 2. The summed E-state index contributed by atoms with van der Waals surface area (Å²) in [5, 5.41) is 0.988. The van der Waals surface area contributed by atoms with Crippen molar-refractivity contribution in [3.8, 4) is 0 Å². The van der Waals surface area contributed by atoms with E-state index < -0.39 is 0 Å². The molecule has 1 amide bonds. The molecule has 2 heterocycles. The van der Waals surface area contributed by atoms with E-state index in [4.69, 9.17) is 5.73 Å². The number of nitrogens with zero attached hydrogens (tertiary/aromatic N) is 4. The number of hydrogen-bond acceptors (Lipinski definition) is 6. The molecule has 0 radical (unpaired) electrons. The topological polar surface area (TPSA) is 75.4 Å². The zero-order chi connectivity index (χ0) is 15.5. The highest BCUT2D eigenvalue weighted by molar-refractivity contribution is 7.09. The number of aromatic nitrogens is 2. The maximum atomic E-state index is 12.4. The summed E-state index contributed by atoms with van der Waals surface area (Å²) in [6, 6.07) is 0.221. The van der Waals surface area contributed by atoms with Gasteiger partial charge >= 0.3 is 0 Å². The van der Waals surface area contributed by atoms with Gasteiger partial charge < -0.3 is 15.5 Å². The van der Waals surface area contributed by atoms with E-state index in [0.29, 0.717) is 12.3 Å². The summed E-state index contributed by atoms with van der Waals surface area (Å²) >= 11 is 1.46. The van der Waals surface area contributed by atoms with Crippen molar-refractivity contribution in [2.24, 2.45) is 11.7 Å². The van der Waals surface area contributed by atoms with Crippen LogP contribution in [0, 0.1) is 5.92 Å². The van der Waals surface area contributed by atoms with Crippen LogP contribution in [0.3, 0.4) is 0 Å². The van der Waals surface area contributed by atoms with Crippen molar-refractivity contribution < 1.29 is 4.79 Å². The maximum absolute atomic E-state index is 12.4. The van der Waals surface area contributed by atoms with Crippen LogP contribution in [-0.4, -0.2) is 52.4 Å². The molecule has 2 fully saturated rings. The fourth-order valence-corrected chi connectivity index (χ4v) is 4.14. The number of piperazine rings is 1. The van der Waals surface area contributed by atoms with Gasteiger partial charge in [0.15, 0.2) is 0 Å². The molecule has 3 rings (SSSR count). The second-order valence-corrected chi connectivity index (χ2v) is 7.00. The average molecular weight is 396 g/mol. The fraction of sp³-hybridized carbons (Fsp3) is 0.800. The van der Waals surface area contributed by atoms with Crippen LogP contribution in [0.5, 0.6) is 0 Å². The van der Waals surface area contributed by atoms with E-state index in [1.807, 2.05) is 4.90 Å². The van der Waals surface area contributed by atoms with E-state index >= 15 is 0 Å².